The monoisotopic (exact) mass is 230 g/mol. The molecular formula is C13H11ClN2. The van der Waals surface area contributed by atoms with Crippen molar-refractivity contribution in [2.24, 2.45) is 5.73 Å². The fourth-order valence-corrected chi connectivity index (χ4v) is 2.36. The molecule has 2 nitrogen and oxygen atoms in total. The molecule has 3 N–H and O–H groups in total. The van der Waals surface area contributed by atoms with Gasteiger partial charge in [-0.3, -0.25) is 0 Å². The number of rotatable bonds is 1. The van der Waals surface area contributed by atoms with Gasteiger partial charge in [0.05, 0.1) is 16.1 Å². The van der Waals surface area contributed by atoms with E-state index in [4.69, 9.17) is 17.3 Å². The van der Waals surface area contributed by atoms with Crippen LogP contribution in [0.4, 0.5) is 0 Å². The molecule has 80 valence electrons. The van der Waals surface area contributed by atoms with Crippen LogP contribution >= 0.6 is 11.6 Å². The lowest BCUT2D eigenvalue weighted by molar-refractivity contribution is 1.08. The van der Waals surface area contributed by atoms with Gasteiger partial charge in [-0.15, -0.1) is 0 Å². The van der Waals surface area contributed by atoms with E-state index in [1.165, 1.54) is 5.39 Å². The maximum absolute atomic E-state index is 6.16. The largest absolute Gasteiger partial charge is 0.353 e. The van der Waals surface area contributed by atoms with Crippen LogP contribution in [-0.2, 0) is 6.54 Å². The average Bonchev–Trinajstić information content (AvgIpc) is 2.69. The van der Waals surface area contributed by atoms with Gasteiger partial charge in [-0.2, -0.15) is 0 Å². The van der Waals surface area contributed by atoms with Crippen molar-refractivity contribution < 1.29 is 0 Å². The van der Waals surface area contributed by atoms with E-state index in [2.05, 4.69) is 17.1 Å². The molecule has 0 amide bonds. The van der Waals surface area contributed by atoms with Crippen molar-refractivity contribution in [3.05, 3.63) is 47.0 Å². The number of aromatic nitrogens is 1. The molecule has 16 heavy (non-hydrogen) atoms. The number of fused-ring (bicyclic) bond motifs is 3. The number of hydrogen-bond acceptors (Lipinski definition) is 1. The van der Waals surface area contributed by atoms with E-state index in [0.29, 0.717) is 6.54 Å². The van der Waals surface area contributed by atoms with E-state index in [1.54, 1.807) is 0 Å². The maximum Gasteiger partial charge on any atom is 0.0654 e. The van der Waals surface area contributed by atoms with Crippen LogP contribution in [-0.4, -0.2) is 4.98 Å². The number of benzene rings is 2. The molecule has 3 aromatic rings. The first kappa shape index (κ1) is 9.70. The van der Waals surface area contributed by atoms with Gasteiger partial charge in [-0.1, -0.05) is 41.9 Å². The second kappa shape index (κ2) is 3.51. The molecule has 0 aliphatic rings. The van der Waals surface area contributed by atoms with Crippen LogP contribution in [0.3, 0.4) is 0 Å². The summed E-state index contributed by atoms with van der Waals surface area (Å²) in [6, 6.07) is 12.1. The predicted molar refractivity (Wildman–Crippen MR) is 68.7 cm³/mol. The van der Waals surface area contributed by atoms with Gasteiger partial charge in [-0.05, 0) is 11.6 Å². The smallest absolute Gasteiger partial charge is 0.0654 e. The number of H-pyrrole nitrogens is 1. The molecule has 0 atom stereocenters. The molecule has 0 radical (unpaired) electrons. The molecule has 1 heterocycles. The van der Waals surface area contributed by atoms with Gasteiger partial charge in [0.1, 0.15) is 0 Å². The summed E-state index contributed by atoms with van der Waals surface area (Å²) >= 11 is 6.16. The molecule has 2 aromatic carbocycles. The van der Waals surface area contributed by atoms with Gasteiger partial charge in [-0.25, -0.2) is 0 Å². The summed E-state index contributed by atoms with van der Waals surface area (Å²) in [7, 11) is 0. The van der Waals surface area contributed by atoms with Gasteiger partial charge in [0, 0.05) is 17.3 Å². The second-order valence-corrected chi connectivity index (χ2v) is 4.24. The van der Waals surface area contributed by atoms with Crippen LogP contribution < -0.4 is 5.73 Å². The quantitative estimate of drug-likeness (QED) is 0.661. The van der Waals surface area contributed by atoms with Crippen molar-refractivity contribution >= 4 is 33.4 Å². The summed E-state index contributed by atoms with van der Waals surface area (Å²) in [6.07, 6.45) is 0. The first-order valence-electron chi connectivity index (χ1n) is 5.19. The van der Waals surface area contributed by atoms with Crippen molar-refractivity contribution in [2.75, 3.05) is 0 Å². The molecule has 1 aromatic heterocycles. The standard InChI is InChI=1S/C13H11ClN2/c14-11-6-2-5-10-9-4-1-3-8(7-15)12(9)16-13(10)11/h1-6,16H,7,15H2. The molecule has 0 saturated carbocycles. The van der Waals surface area contributed by atoms with Crippen molar-refractivity contribution in [1.29, 1.82) is 0 Å². The summed E-state index contributed by atoms with van der Waals surface area (Å²) in [4.78, 5) is 3.35. The lowest BCUT2D eigenvalue weighted by Crippen LogP contribution is -1.96. The molecule has 0 unspecified atom stereocenters. The third-order valence-electron chi connectivity index (χ3n) is 2.92. The average molecular weight is 231 g/mol. The summed E-state index contributed by atoms with van der Waals surface area (Å²) in [6.45, 7) is 0.530. The highest BCUT2D eigenvalue weighted by molar-refractivity contribution is 6.36. The SMILES string of the molecule is NCc1cccc2c1[nH]c1c(Cl)cccc12. The minimum atomic E-state index is 0.530. The minimum absolute atomic E-state index is 0.530. The molecule has 0 aliphatic heterocycles. The highest BCUT2D eigenvalue weighted by atomic mass is 35.5. The van der Waals surface area contributed by atoms with Crippen molar-refractivity contribution in [3.63, 3.8) is 0 Å². The van der Waals surface area contributed by atoms with Gasteiger partial charge in [0.2, 0.25) is 0 Å². The Kier molecular flexibility index (Phi) is 2.13. The zero-order valence-corrected chi connectivity index (χ0v) is 9.38. The van der Waals surface area contributed by atoms with E-state index in [0.717, 1.165) is 27.0 Å². The zero-order chi connectivity index (χ0) is 11.1. The van der Waals surface area contributed by atoms with Gasteiger partial charge < -0.3 is 10.7 Å². The number of halogens is 1. The third-order valence-corrected chi connectivity index (χ3v) is 3.24. The maximum atomic E-state index is 6.16. The fraction of sp³-hybridized carbons (Fsp3) is 0.0769. The van der Waals surface area contributed by atoms with Crippen molar-refractivity contribution in [1.82, 2.24) is 4.98 Å². The summed E-state index contributed by atoms with van der Waals surface area (Å²) in [5, 5.41) is 3.08. The number of para-hydroxylation sites is 2. The van der Waals surface area contributed by atoms with E-state index in [-0.39, 0.29) is 0 Å². The number of hydrogen-bond donors (Lipinski definition) is 2. The molecule has 0 aliphatic carbocycles. The topological polar surface area (TPSA) is 41.8 Å². The normalized spacial score (nSPS) is 11.4. The van der Waals surface area contributed by atoms with Crippen LogP contribution in [0.25, 0.3) is 21.8 Å². The third kappa shape index (κ3) is 1.24. The minimum Gasteiger partial charge on any atom is -0.353 e. The first-order valence-corrected chi connectivity index (χ1v) is 5.57. The van der Waals surface area contributed by atoms with E-state index in [9.17, 15) is 0 Å². The fourth-order valence-electron chi connectivity index (χ4n) is 2.14. The van der Waals surface area contributed by atoms with Gasteiger partial charge in [0.15, 0.2) is 0 Å². The molecule has 3 rings (SSSR count). The van der Waals surface area contributed by atoms with Crippen molar-refractivity contribution in [3.8, 4) is 0 Å². The van der Waals surface area contributed by atoms with Crippen LogP contribution in [0, 0.1) is 0 Å². The Balaban J connectivity index is 2.55. The molecule has 3 heteroatoms. The number of aromatic amines is 1. The van der Waals surface area contributed by atoms with Crippen LogP contribution in [0.15, 0.2) is 36.4 Å². The van der Waals surface area contributed by atoms with E-state index < -0.39 is 0 Å². The zero-order valence-electron chi connectivity index (χ0n) is 8.63. The Bertz CT molecular complexity index is 670. The van der Waals surface area contributed by atoms with Gasteiger partial charge >= 0.3 is 0 Å². The summed E-state index contributed by atoms with van der Waals surface area (Å²) in [5.74, 6) is 0. The number of nitrogens with one attached hydrogen (secondary N) is 1. The van der Waals surface area contributed by atoms with Crippen LogP contribution in [0.5, 0.6) is 0 Å². The molecular weight excluding hydrogens is 220 g/mol. The van der Waals surface area contributed by atoms with Gasteiger partial charge in [0.25, 0.3) is 0 Å². The molecule has 0 fully saturated rings. The lowest BCUT2D eigenvalue weighted by Gasteiger charge is -1.97. The predicted octanol–water partition coefficient (Wildman–Crippen LogP) is 3.43. The Hall–Kier alpha value is -1.51. The number of nitrogens with two attached hydrogens (primary N) is 1. The van der Waals surface area contributed by atoms with Crippen LogP contribution in [0.2, 0.25) is 5.02 Å². The second-order valence-electron chi connectivity index (χ2n) is 3.83. The Morgan fingerprint density at radius 3 is 2.44 bits per heavy atom. The highest BCUT2D eigenvalue weighted by Crippen LogP contribution is 2.31. The first-order chi connectivity index (χ1) is 7.81. The Morgan fingerprint density at radius 1 is 1.00 bits per heavy atom. The lowest BCUT2D eigenvalue weighted by atomic mass is 10.1. The molecule has 0 saturated heterocycles. The van der Waals surface area contributed by atoms with Crippen LogP contribution in [0.1, 0.15) is 5.56 Å². The summed E-state index contributed by atoms with van der Waals surface area (Å²) in [5.41, 5.74) is 8.92. The molecule has 0 spiro atoms. The van der Waals surface area contributed by atoms with E-state index in [1.807, 2.05) is 24.3 Å². The van der Waals surface area contributed by atoms with E-state index >= 15 is 0 Å². The highest BCUT2D eigenvalue weighted by Gasteiger charge is 2.08. The van der Waals surface area contributed by atoms with Crippen molar-refractivity contribution in [2.45, 2.75) is 6.54 Å². The summed E-state index contributed by atoms with van der Waals surface area (Å²) < 4.78 is 0. The Morgan fingerprint density at radius 2 is 1.69 bits per heavy atom. The Labute approximate surface area is 98.0 Å². The molecule has 0 bridgehead atoms.